The number of carbonyl (C=O) groups excluding carboxylic acids is 2. The molecule has 2 aliphatic rings. The molecule has 0 radical (unpaired) electrons. The number of rotatable bonds is 3. The number of nitrogens with zero attached hydrogens (tertiary/aromatic N) is 1. The van der Waals surface area contributed by atoms with Crippen molar-refractivity contribution in [3.63, 3.8) is 0 Å². The third-order valence-electron chi connectivity index (χ3n) is 6.24. The van der Waals surface area contributed by atoms with E-state index in [-0.39, 0.29) is 23.4 Å². The zero-order valence-corrected chi connectivity index (χ0v) is 15.7. The van der Waals surface area contributed by atoms with Crippen LogP contribution in [0.25, 0.3) is 0 Å². The van der Waals surface area contributed by atoms with Crippen molar-refractivity contribution in [2.45, 2.75) is 64.0 Å². The van der Waals surface area contributed by atoms with Gasteiger partial charge in [-0.15, -0.1) is 0 Å². The van der Waals surface area contributed by atoms with Crippen molar-refractivity contribution in [3.05, 3.63) is 29.3 Å². The third-order valence-corrected chi connectivity index (χ3v) is 6.24. The number of benzene rings is 1. The molecule has 3 rings (SSSR count). The van der Waals surface area contributed by atoms with E-state index in [1.54, 1.807) is 0 Å². The van der Waals surface area contributed by atoms with Crippen molar-refractivity contribution < 1.29 is 19.1 Å². The summed E-state index contributed by atoms with van der Waals surface area (Å²) in [6.45, 7) is 8.06. The van der Waals surface area contributed by atoms with Gasteiger partial charge >= 0.3 is 11.9 Å². The first-order valence-electron chi connectivity index (χ1n) is 8.95. The van der Waals surface area contributed by atoms with Crippen LogP contribution in [0.1, 0.15) is 51.7 Å². The first-order valence-corrected chi connectivity index (χ1v) is 8.95. The van der Waals surface area contributed by atoms with Crippen LogP contribution in [-0.4, -0.2) is 42.1 Å². The molecule has 1 saturated heterocycles. The molecule has 1 aromatic carbocycles. The lowest BCUT2D eigenvalue weighted by Gasteiger charge is -2.61. The molecule has 3 atom stereocenters. The summed E-state index contributed by atoms with van der Waals surface area (Å²) < 4.78 is 11.3. The number of ether oxygens (including phenoxy) is 2. The smallest absolute Gasteiger partial charge is 0.308 e. The minimum atomic E-state index is -0.609. The van der Waals surface area contributed by atoms with E-state index in [2.05, 4.69) is 31.9 Å². The first-order chi connectivity index (χ1) is 11.7. The van der Waals surface area contributed by atoms with E-state index in [1.165, 1.54) is 19.4 Å². The average Bonchev–Trinajstić information content (AvgIpc) is 2.51. The summed E-state index contributed by atoms with van der Waals surface area (Å²) in [5, 5.41) is 0. The molecular formula is C20H27NO4. The van der Waals surface area contributed by atoms with Gasteiger partial charge in [0.2, 0.25) is 0 Å². The number of carbonyl (C=O) groups is 2. The summed E-state index contributed by atoms with van der Waals surface area (Å²) in [6.07, 6.45) is 2.58. The molecule has 0 N–H and O–H groups in total. The molecule has 5 nitrogen and oxygen atoms in total. The third kappa shape index (κ3) is 2.65. The maximum atomic E-state index is 11.9. The molecule has 0 aromatic heterocycles. The molecule has 5 heteroatoms. The van der Waals surface area contributed by atoms with Gasteiger partial charge in [0.1, 0.15) is 11.4 Å². The van der Waals surface area contributed by atoms with Crippen LogP contribution in [0.2, 0.25) is 0 Å². The van der Waals surface area contributed by atoms with Crippen LogP contribution in [0.5, 0.6) is 5.75 Å². The fraction of sp³-hybridized carbons (Fsp3) is 0.600. The van der Waals surface area contributed by atoms with Gasteiger partial charge in [-0.1, -0.05) is 13.0 Å². The van der Waals surface area contributed by atoms with Gasteiger partial charge in [0, 0.05) is 19.3 Å². The van der Waals surface area contributed by atoms with Gasteiger partial charge in [-0.2, -0.15) is 0 Å². The summed E-state index contributed by atoms with van der Waals surface area (Å²) in [7, 11) is 2.10. The van der Waals surface area contributed by atoms with Crippen LogP contribution < -0.4 is 4.74 Å². The molecule has 1 aliphatic carbocycles. The maximum Gasteiger partial charge on any atom is 0.308 e. The normalized spacial score (nSPS) is 31.2. The highest BCUT2D eigenvalue weighted by Crippen LogP contribution is 2.55. The van der Waals surface area contributed by atoms with Gasteiger partial charge in [-0.05, 0) is 63.0 Å². The van der Waals surface area contributed by atoms with E-state index in [0.29, 0.717) is 5.75 Å². The van der Waals surface area contributed by atoms with E-state index < -0.39 is 5.60 Å². The fourth-order valence-corrected chi connectivity index (χ4v) is 5.06. The van der Waals surface area contributed by atoms with E-state index in [0.717, 1.165) is 31.4 Å². The molecule has 0 spiro atoms. The van der Waals surface area contributed by atoms with Gasteiger partial charge < -0.3 is 9.47 Å². The lowest BCUT2D eigenvalue weighted by atomic mass is 9.54. The average molecular weight is 345 g/mol. The second-order valence-electron chi connectivity index (χ2n) is 7.50. The van der Waals surface area contributed by atoms with E-state index >= 15 is 0 Å². The standard InChI is InChI=1S/C20H27NO4/c1-6-20-9-10-21(5)18(19(20,4)25-14(3)23)11-15-7-8-16(12-17(15)20)24-13(2)22/h7-8,12,18H,6,9-11H2,1-5H3/t18?,19-,20+/m0/s1. The first kappa shape index (κ1) is 17.9. The number of likely N-dealkylation sites (tertiary alicyclic amines) is 1. The van der Waals surface area contributed by atoms with Gasteiger partial charge in [0.05, 0.1) is 6.04 Å². The molecule has 1 fully saturated rings. The van der Waals surface area contributed by atoms with Crippen molar-refractivity contribution in [1.29, 1.82) is 0 Å². The number of likely N-dealkylation sites (N-methyl/N-ethyl adjacent to an activating group) is 1. The maximum absolute atomic E-state index is 11.9. The molecule has 1 aliphatic heterocycles. The van der Waals surface area contributed by atoms with Crippen molar-refractivity contribution in [3.8, 4) is 5.75 Å². The van der Waals surface area contributed by atoms with Crippen LogP contribution in [0.3, 0.4) is 0 Å². The van der Waals surface area contributed by atoms with Crippen LogP contribution in [0.15, 0.2) is 18.2 Å². The molecule has 136 valence electrons. The van der Waals surface area contributed by atoms with E-state index in [4.69, 9.17) is 9.47 Å². The summed E-state index contributed by atoms with van der Waals surface area (Å²) in [4.78, 5) is 25.6. The minimum Gasteiger partial charge on any atom is -0.457 e. The summed E-state index contributed by atoms with van der Waals surface area (Å²) in [5.41, 5.74) is 1.52. The Morgan fingerprint density at radius 1 is 1.28 bits per heavy atom. The number of hydrogen-bond donors (Lipinski definition) is 0. The van der Waals surface area contributed by atoms with Crippen molar-refractivity contribution >= 4 is 11.9 Å². The second-order valence-corrected chi connectivity index (χ2v) is 7.50. The number of hydrogen-bond acceptors (Lipinski definition) is 5. The Bertz CT molecular complexity index is 716. The van der Waals surface area contributed by atoms with Crippen LogP contribution >= 0.6 is 0 Å². The van der Waals surface area contributed by atoms with Gasteiger partial charge in [0.25, 0.3) is 0 Å². The quantitative estimate of drug-likeness (QED) is 0.623. The second kappa shape index (κ2) is 6.13. The predicted molar refractivity (Wildman–Crippen MR) is 94.6 cm³/mol. The van der Waals surface area contributed by atoms with Gasteiger partial charge in [-0.3, -0.25) is 14.5 Å². The fourth-order valence-electron chi connectivity index (χ4n) is 5.06. The highest BCUT2D eigenvalue weighted by Gasteiger charge is 2.61. The van der Waals surface area contributed by atoms with Crippen molar-refractivity contribution in [1.82, 2.24) is 4.90 Å². The number of fused-ring (bicyclic) bond motifs is 4. The van der Waals surface area contributed by atoms with Gasteiger partial charge in [0.15, 0.2) is 0 Å². The Morgan fingerprint density at radius 2 is 2.00 bits per heavy atom. The van der Waals surface area contributed by atoms with Crippen LogP contribution in [0.4, 0.5) is 0 Å². The molecular weight excluding hydrogens is 318 g/mol. The van der Waals surface area contributed by atoms with Crippen molar-refractivity contribution in [2.24, 2.45) is 0 Å². The minimum absolute atomic E-state index is 0.136. The zero-order chi connectivity index (χ0) is 18.4. The topological polar surface area (TPSA) is 55.8 Å². The molecule has 0 amide bonds. The molecule has 0 saturated carbocycles. The van der Waals surface area contributed by atoms with E-state index in [9.17, 15) is 9.59 Å². The Kier molecular flexibility index (Phi) is 4.40. The molecule has 1 aromatic rings. The van der Waals surface area contributed by atoms with Crippen LogP contribution in [0, 0.1) is 0 Å². The Morgan fingerprint density at radius 3 is 2.60 bits per heavy atom. The molecule has 25 heavy (non-hydrogen) atoms. The van der Waals surface area contributed by atoms with Crippen LogP contribution in [-0.2, 0) is 26.2 Å². The lowest BCUT2D eigenvalue weighted by molar-refractivity contribution is -0.188. The summed E-state index contributed by atoms with van der Waals surface area (Å²) in [5.74, 6) is -0.0212. The lowest BCUT2D eigenvalue weighted by Crippen LogP contribution is -2.70. The number of piperidine rings is 1. The highest BCUT2D eigenvalue weighted by molar-refractivity contribution is 5.70. The number of esters is 2. The molecule has 1 heterocycles. The Labute approximate surface area is 149 Å². The van der Waals surface area contributed by atoms with Crippen molar-refractivity contribution in [2.75, 3.05) is 13.6 Å². The summed E-state index contributed by atoms with van der Waals surface area (Å²) >= 11 is 0. The monoisotopic (exact) mass is 345 g/mol. The molecule has 1 unspecified atom stereocenters. The molecule has 2 bridgehead atoms. The van der Waals surface area contributed by atoms with E-state index in [1.807, 2.05) is 12.1 Å². The Hall–Kier alpha value is -1.88. The van der Waals surface area contributed by atoms with Gasteiger partial charge in [-0.25, -0.2) is 0 Å². The zero-order valence-electron chi connectivity index (χ0n) is 15.7. The summed E-state index contributed by atoms with van der Waals surface area (Å²) in [6, 6.07) is 6.02. The predicted octanol–water partition coefficient (Wildman–Crippen LogP) is 2.84. The highest BCUT2D eigenvalue weighted by atomic mass is 16.6. The SMILES string of the molecule is CC[C@@]12CCN(C)C(Cc3ccc(OC(C)=O)cc31)[C@]2(C)OC(C)=O. The Balaban J connectivity index is 2.19. The largest absolute Gasteiger partial charge is 0.457 e.